The standard InChI is InChI=1S/C20H22N4O2S/c1-26-17-4-2-3-15(11-17)13-23-7-9-24(10-8-23)20(25)22-16-5-6-19-18(12-16)21-14-27-19/h2-6,11-12,14H,7-10,13H2,1H3,(H,22,25). The fourth-order valence-corrected chi connectivity index (χ4v) is 3.94. The topological polar surface area (TPSA) is 57.7 Å². The number of nitrogens with zero attached hydrogens (tertiary/aromatic N) is 3. The molecule has 1 fully saturated rings. The Morgan fingerprint density at radius 1 is 1.19 bits per heavy atom. The van der Waals surface area contributed by atoms with Crippen LogP contribution in [0.1, 0.15) is 5.56 Å². The van der Waals surface area contributed by atoms with E-state index in [-0.39, 0.29) is 6.03 Å². The van der Waals surface area contributed by atoms with Crippen LogP contribution in [0.4, 0.5) is 10.5 Å². The molecule has 140 valence electrons. The second-order valence-corrected chi connectivity index (χ2v) is 7.47. The van der Waals surface area contributed by atoms with Gasteiger partial charge in [0.2, 0.25) is 0 Å². The molecule has 0 atom stereocenters. The van der Waals surface area contributed by atoms with Crippen LogP contribution in [0.25, 0.3) is 10.2 Å². The Morgan fingerprint density at radius 3 is 2.85 bits per heavy atom. The Balaban J connectivity index is 1.30. The predicted octanol–water partition coefficient (Wildman–Crippen LogP) is 3.65. The van der Waals surface area contributed by atoms with E-state index in [1.165, 1.54) is 5.56 Å². The molecule has 0 bridgehead atoms. The highest BCUT2D eigenvalue weighted by Crippen LogP contribution is 2.22. The predicted molar refractivity (Wildman–Crippen MR) is 108 cm³/mol. The van der Waals surface area contributed by atoms with Gasteiger partial charge in [0.25, 0.3) is 0 Å². The number of hydrogen-bond donors (Lipinski definition) is 1. The Labute approximate surface area is 162 Å². The molecule has 1 N–H and O–H groups in total. The third-order valence-corrected chi connectivity index (χ3v) is 5.59. The van der Waals surface area contributed by atoms with Gasteiger partial charge in [0, 0.05) is 38.4 Å². The van der Waals surface area contributed by atoms with E-state index in [1.54, 1.807) is 18.4 Å². The van der Waals surface area contributed by atoms with Crippen molar-refractivity contribution >= 4 is 33.3 Å². The van der Waals surface area contributed by atoms with Crippen molar-refractivity contribution in [3.05, 3.63) is 53.5 Å². The number of piperazine rings is 1. The smallest absolute Gasteiger partial charge is 0.321 e. The van der Waals surface area contributed by atoms with Gasteiger partial charge in [0.15, 0.2) is 0 Å². The van der Waals surface area contributed by atoms with Gasteiger partial charge in [0.1, 0.15) is 5.75 Å². The van der Waals surface area contributed by atoms with Gasteiger partial charge in [-0.3, -0.25) is 4.90 Å². The fraction of sp³-hybridized carbons (Fsp3) is 0.300. The van der Waals surface area contributed by atoms with Crippen molar-refractivity contribution in [2.75, 3.05) is 38.6 Å². The Hall–Kier alpha value is -2.64. The zero-order chi connectivity index (χ0) is 18.6. The number of rotatable bonds is 4. The van der Waals surface area contributed by atoms with Gasteiger partial charge >= 0.3 is 6.03 Å². The minimum atomic E-state index is -0.0504. The maximum absolute atomic E-state index is 12.6. The zero-order valence-corrected chi connectivity index (χ0v) is 16.0. The van der Waals surface area contributed by atoms with E-state index in [1.807, 2.05) is 40.7 Å². The first-order valence-corrected chi connectivity index (χ1v) is 9.84. The van der Waals surface area contributed by atoms with Gasteiger partial charge in [-0.05, 0) is 35.9 Å². The largest absolute Gasteiger partial charge is 0.497 e. The second-order valence-electron chi connectivity index (χ2n) is 6.58. The van der Waals surface area contributed by atoms with Crippen LogP contribution < -0.4 is 10.1 Å². The molecular formula is C20H22N4O2S. The molecule has 2 aromatic carbocycles. The first kappa shape index (κ1) is 17.8. The molecule has 2 heterocycles. The minimum Gasteiger partial charge on any atom is -0.497 e. The summed E-state index contributed by atoms with van der Waals surface area (Å²) >= 11 is 1.60. The van der Waals surface area contributed by atoms with Gasteiger partial charge in [-0.1, -0.05) is 12.1 Å². The molecule has 4 rings (SSSR count). The molecule has 1 aromatic heterocycles. The van der Waals surface area contributed by atoms with Crippen molar-refractivity contribution in [1.29, 1.82) is 0 Å². The van der Waals surface area contributed by atoms with Gasteiger partial charge in [-0.25, -0.2) is 9.78 Å². The number of anilines is 1. The first-order chi connectivity index (χ1) is 13.2. The fourth-order valence-electron chi connectivity index (χ4n) is 3.28. The number of nitrogens with one attached hydrogen (secondary N) is 1. The molecule has 27 heavy (non-hydrogen) atoms. The molecule has 0 aliphatic carbocycles. The Morgan fingerprint density at radius 2 is 2.04 bits per heavy atom. The highest BCUT2D eigenvalue weighted by molar-refractivity contribution is 7.16. The van der Waals surface area contributed by atoms with Gasteiger partial charge < -0.3 is 15.0 Å². The molecule has 1 aliphatic rings. The second kappa shape index (κ2) is 7.94. The third-order valence-electron chi connectivity index (χ3n) is 4.78. The van der Waals surface area contributed by atoms with E-state index < -0.39 is 0 Å². The molecule has 1 saturated heterocycles. The number of aromatic nitrogens is 1. The molecule has 0 spiro atoms. The van der Waals surface area contributed by atoms with Crippen LogP contribution in [-0.4, -0.2) is 54.1 Å². The van der Waals surface area contributed by atoms with Crippen LogP contribution in [-0.2, 0) is 6.54 Å². The Kier molecular flexibility index (Phi) is 5.22. The SMILES string of the molecule is COc1cccc(CN2CCN(C(=O)Nc3ccc4scnc4c3)CC2)c1. The molecule has 7 heteroatoms. The van der Waals surface area contributed by atoms with Crippen LogP contribution in [0.15, 0.2) is 48.0 Å². The van der Waals surface area contributed by atoms with Crippen LogP contribution in [0, 0.1) is 0 Å². The average Bonchev–Trinajstić information content (AvgIpc) is 3.16. The van der Waals surface area contributed by atoms with Crippen molar-refractivity contribution in [2.45, 2.75) is 6.54 Å². The maximum Gasteiger partial charge on any atom is 0.321 e. The monoisotopic (exact) mass is 382 g/mol. The number of methoxy groups -OCH3 is 1. The Bertz CT molecular complexity index is 934. The highest BCUT2D eigenvalue weighted by Gasteiger charge is 2.21. The van der Waals surface area contributed by atoms with Crippen LogP contribution in [0.3, 0.4) is 0 Å². The van der Waals surface area contributed by atoms with Crippen molar-refractivity contribution in [2.24, 2.45) is 0 Å². The van der Waals surface area contributed by atoms with Crippen molar-refractivity contribution in [3.8, 4) is 5.75 Å². The van der Waals surface area contributed by atoms with Gasteiger partial charge in [-0.2, -0.15) is 0 Å². The third kappa shape index (κ3) is 4.20. The number of thiazole rings is 1. The molecule has 0 saturated carbocycles. The summed E-state index contributed by atoms with van der Waals surface area (Å²) in [4.78, 5) is 21.1. The number of ether oxygens (including phenoxy) is 1. The lowest BCUT2D eigenvalue weighted by Crippen LogP contribution is -2.49. The average molecular weight is 382 g/mol. The lowest BCUT2D eigenvalue weighted by molar-refractivity contribution is 0.143. The van der Waals surface area contributed by atoms with Crippen molar-refractivity contribution in [3.63, 3.8) is 0 Å². The zero-order valence-electron chi connectivity index (χ0n) is 15.2. The number of amides is 2. The summed E-state index contributed by atoms with van der Waals surface area (Å²) in [7, 11) is 1.68. The van der Waals surface area contributed by atoms with Gasteiger partial charge in [0.05, 0.1) is 22.8 Å². The van der Waals surface area contributed by atoms with E-state index in [0.717, 1.165) is 54.4 Å². The minimum absolute atomic E-state index is 0.0504. The molecule has 3 aromatic rings. The molecule has 0 radical (unpaired) electrons. The molecular weight excluding hydrogens is 360 g/mol. The normalized spacial score (nSPS) is 15.1. The number of carbonyl (C=O) groups excluding carboxylic acids is 1. The first-order valence-electron chi connectivity index (χ1n) is 8.96. The van der Waals surface area contributed by atoms with Gasteiger partial charge in [-0.15, -0.1) is 11.3 Å². The van der Waals surface area contributed by atoms with E-state index in [2.05, 4.69) is 27.3 Å². The van der Waals surface area contributed by atoms with Crippen LogP contribution in [0.5, 0.6) is 5.75 Å². The molecule has 0 unspecified atom stereocenters. The van der Waals surface area contributed by atoms with Crippen molar-refractivity contribution in [1.82, 2.24) is 14.8 Å². The quantitative estimate of drug-likeness (QED) is 0.748. The number of fused-ring (bicyclic) bond motifs is 1. The van der Waals surface area contributed by atoms with E-state index >= 15 is 0 Å². The maximum atomic E-state index is 12.6. The summed E-state index contributed by atoms with van der Waals surface area (Å²) in [6.45, 7) is 4.02. The summed E-state index contributed by atoms with van der Waals surface area (Å²) in [5, 5.41) is 2.99. The number of carbonyl (C=O) groups is 1. The molecule has 2 amide bonds. The number of urea groups is 1. The van der Waals surface area contributed by atoms with E-state index in [0.29, 0.717) is 0 Å². The van der Waals surface area contributed by atoms with Crippen LogP contribution in [0.2, 0.25) is 0 Å². The highest BCUT2D eigenvalue weighted by atomic mass is 32.1. The summed E-state index contributed by atoms with van der Waals surface area (Å²) in [6.07, 6.45) is 0. The summed E-state index contributed by atoms with van der Waals surface area (Å²) in [6, 6.07) is 13.9. The summed E-state index contributed by atoms with van der Waals surface area (Å²) in [5.74, 6) is 0.877. The molecule has 1 aliphatic heterocycles. The van der Waals surface area contributed by atoms with Crippen LogP contribution >= 0.6 is 11.3 Å². The lowest BCUT2D eigenvalue weighted by Gasteiger charge is -2.34. The van der Waals surface area contributed by atoms with E-state index in [4.69, 9.17) is 4.74 Å². The summed E-state index contributed by atoms with van der Waals surface area (Å²) < 4.78 is 6.41. The number of hydrogen-bond acceptors (Lipinski definition) is 5. The summed E-state index contributed by atoms with van der Waals surface area (Å²) in [5.41, 5.74) is 4.75. The lowest BCUT2D eigenvalue weighted by atomic mass is 10.2. The molecule has 6 nitrogen and oxygen atoms in total. The number of benzene rings is 2. The van der Waals surface area contributed by atoms with Crippen molar-refractivity contribution < 1.29 is 9.53 Å². The van der Waals surface area contributed by atoms with E-state index in [9.17, 15) is 4.79 Å².